The van der Waals surface area contributed by atoms with Crippen molar-refractivity contribution >= 4 is 29.5 Å². The molecule has 1 unspecified atom stereocenters. The molecule has 2 N–H and O–H groups in total. The van der Waals surface area contributed by atoms with Gasteiger partial charge in [-0.05, 0) is 73.4 Å². The number of hydrazine groups is 1. The summed E-state index contributed by atoms with van der Waals surface area (Å²) in [5, 5.41) is 8.44. The number of hydrogen-bond donors (Lipinski definition) is 2. The van der Waals surface area contributed by atoms with Crippen molar-refractivity contribution in [2.24, 2.45) is 11.8 Å². The number of carbonyl (C=O) groups excluding carboxylic acids is 2. The molecule has 0 radical (unpaired) electrons. The van der Waals surface area contributed by atoms with Crippen LogP contribution in [-0.2, 0) is 21.7 Å². The lowest BCUT2D eigenvalue weighted by Gasteiger charge is -2.37. The highest BCUT2D eigenvalue weighted by Gasteiger charge is 2.44. The quantitative estimate of drug-likeness (QED) is 0.124. The van der Waals surface area contributed by atoms with Crippen LogP contribution in [-0.4, -0.2) is 77.6 Å². The van der Waals surface area contributed by atoms with Gasteiger partial charge in [0.15, 0.2) is 0 Å². The lowest BCUT2D eigenvalue weighted by atomic mass is 9.87. The van der Waals surface area contributed by atoms with Crippen molar-refractivity contribution in [3.05, 3.63) is 96.6 Å². The van der Waals surface area contributed by atoms with Gasteiger partial charge in [0.2, 0.25) is 6.41 Å². The molecular weight excluding hydrogens is 670 g/mol. The van der Waals surface area contributed by atoms with Gasteiger partial charge in [0.1, 0.15) is 35.6 Å². The van der Waals surface area contributed by atoms with Crippen LogP contribution in [0.4, 0.5) is 30.6 Å². The number of ether oxygens (including phenoxy) is 2. The third-order valence-electron chi connectivity index (χ3n) is 9.90. The minimum absolute atomic E-state index is 0.0153. The Bertz CT molecular complexity index is 1770. The van der Waals surface area contributed by atoms with E-state index in [1.807, 2.05) is 57.2 Å². The van der Waals surface area contributed by atoms with Crippen LogP contribution in [0.25, 0.3) is 0 Å². The van der Waals surface area contributed by atoms with Crippen LogP contribution in [0, 0.1) is 23.5 Å². The Labute approximate surface area is 302 Å². The van der Waals surface area contributed by atoms with E-state index in [4.69, 9.17) is 9.47 Å². The number of benzene rings is 3. The highest BCUT2D eigenvalue weighted by atomic mass is 19.1. The first-order chi connectivity index (χ1) is 25.2. The van der Waals surface area contributed by atoms with E-state index < -0.39 is 17.2 Å². The summed E-state index contributed by atoms with van der Waals surface area (Å²) in [4.78, 5) is 32.8. The molecule has 0 bridgehead atoms. The van der Waals surface area contributed by atoms with Gasteiger partial charge in [0.05, 0.1) is 25.8 Å². The van der Waals surface area contributed by atoms with Crippen LogP contribution < -0.4 is 25.3 Å². The first kappa shape index (κ1) is 36.5. The largest absolute Gasteiger partial charge is 0.493 e. The van der Waals surface area contributed by atoms with E-state index in [1.165, 1.54) is 23.5 Å². The minimum Gasteiger partial charge on any atom is -0.493 e. The van der Waals surface area contributed by atoms with Gasteiger partial charge in [0, 0.05) is 60.8 Å². The molecule has 3 aromatic carbocycles. The van der Waals surface area contributed by atoms with Crippen LogP contribution >= 0.6 is 0 Å². The van der Waals surface area contributed by atoms with E-state index in [0.29, 0.717) is 43.7 Å². The molecular formula is C38H46F2N8O4. The van der Waals surface area contributed by atoms with E-state index in [-0.39, 0.29) is 30.5 Å². The van der Waals surface area contributed by atoms with Gasteiger partial charge in [0.25, 0.3) is 0 Å². The fourth-order valence-electron chi connectivity index (χ4n) is 7.23. The summed E-state index contributed by atoms with van der Waals surface area (Å²) in [5.74, 6) is -0.396. The zero-order valence-corrected chi connectivity index (χ0v) is 29.8. The molecule has 2 saturated heterocycles. The molecule has 0 saturated carbocycles. The number of amides is 3. The molecule has 0 aliphatic carbocycles. The van der Waals surface area contributed by atoms with Crippen molar-refractivity contribution in [2.45, 2.75) is 51.8 Å². The van der Waals surface area contributed by atoms with Crippen molar-refractivity contribution in [3.63, 3.8) is 0 Å². The number of nitrogens with zero attached hydrogens (tertiary/aromatic N) is 6. The second kappa shape index (κ2) is 16.4. The van der Waals surface area contributed by atoms with Gasteiger partial charge < -0.3 is 24.6 Å². The molecule has 276 valence electrons. The minimum atomic E-state index is -1.02. The maximum Gasteiger partial charge on any atom is 0.340 e. The molecule has 52 heavy (non-hydrogen) atoms. The highest BCUT2D eigenvalue weighted by Crippen LogP contribution is 2.42. The maximum absolute atomic E-state index is 15.0. The number of carbonyl (C=O) groups is 2. The Hall–Kier alpha value is -5.24. The first-order valence-corrected chi connectivity index (χ1v) is 17.7. The highest BCUT2D eigenvalue weighted by molar-refractivity contribution is 5.90. The molecule has 0 spiro atoms. The summed E-state index contributed by atoms with van der Waals surface area (Å²) in [7, 11) is 0. The number of rotatable bonds is 14. The van der Waals surface area contributed by atoms with Gasteiger partial charge in [-0.2, -0.15) is 5.10 Å². The Morgan fingerprint density at radius 2 is 1.71 bits per heavy atom. The van der Waals surface area contributed by atoms with Crippen molar-refractivity contribution in [1.82, 2.24) is 25.2 Å². The predicted octanol–water partition coefficient (Wildman–Crippen LogP) is 5.82. The zero-order chi connectivity index (χ0) is 36.7. The number of halogens is 2. The van der Waals surface area contributed by atoms with Crippen molar-refractivity contribution in [2.75, 3.05) is 54.5 Å². The Morgan fingerprint density at radius 1 is 1.04 bits per heavy atom. The van der Waals surface area contributed by atoms with E-state index >= 15 is 0 Å². The molecule has 2 fully saturated rings. The van der Waals surface area contributed by atoms with Crippen LogP contribution in [0.3, 0.4) is 0 Å². The second-order valence-corrected chi connectivity index (χ2v) is 13.7. The normalized spacial score (nSPS) is 19.4. The average Bonchev–Trinajstić information content (AvgIpc) is 3.81. The van der Waals surface area contributed by atoms with E-state index in [9.17, 15) is 18.4 Å². The fourth-order valence-corrected chi connectivity index (χ4v) is 7.23. The summed E-state index contributed by atoms with van der Waals surface area (Å²) in [6, 6.07) is 18.9. The first-order valence-electron chi connectivity index (χ1n) is 17.7. The van der Waals surface area contributed by atoms with Crippen LogP contribution in [0.15, 0.2) is 79.4 Å². The monoisotopic (exact) mass is 716 g/mol. The topological polar surface area (TPSA) is 117 Å². The van der Waals surface area contributed by atoms with Crippen molar-refractivity contribution in [1.29, 1.82) is 0 Å². The van der Waals surface area contributed by atoms with Gasteiger partial charge >= 0.3 is 6.03 Å². The molecule has 14 heteroatoms. The maximum atomic E-state index is 15.0. The number of hydrogen-bond acceptors (Lipinski definition) is 8. The molecule has 2 aliphatic heterocycles. The summed E-state index contributed by atoms with van der Waals surface area (Å²) in [6.07, 6.45) is 4.68. The van der Waals surface area contributed by atoms with Crippen molar-refractivity contribution < 1.29 is 27.8 Å². The molecule has 4 aromatic rings. The van der Waals surface area contributed by atoms with Gasteiger partial charge in [-0.25, -0.2) is 28.3 Å². The molecule has 12 nitrogen and oxygen atoms in total. The summed E-state index contributed by atoms with van der Waals surface area (Å²) >= 11 is 0. The van der Waals surface area contributed by atoms with Crippen molar-refractivity contribution in [3.8, 4) is 5.75 Å². The predicted molar refractivity (Wildman–Crippen MR) is 194 cm³/mol. The lowest BCUT2D eigenvalue weighted by molar-refractivity contribution is -0.113. The summed E-state index contributed by atoms with van der Waals surface area (Å²) in [6.45, 7) is 10.4. The molecule has 3 amide bonds. The Morgan fingerprint density at radius 3 is 2.29 bits per heavy atom. The third-order valence-corrected chi connectivity index (χ3v) is 9.90. The number of anilines is 3. The van der Waals surface area contributed by atoms with Crippen LogP contribution in [0.1, 0.15) is 39.2 Å². The number of nitrogens with one attached hydrogen (secondary N) is 2. The van der Waals surface area contributed by atoms with E-state index in [1.54, 1.807) is 11.0 Å². The average molecular weight is 717 g/mol. The van der Waals surface area contributed by atoms with Gasteiger partial charge in [-0.1, -0.05) is 26.8 Å². The fraction of sp³-hybridized carbons (Fsp3) is 0.421. The van der Waals surface area contributed by atoms with Crippen LogP contribution in [0.2, 0.25) is 0 Å². The molecule has 1 aromatic heterocycles. The molecule has 3 atom stereocenters. The standard InChI is InChI=1S/C38H46F2N8O4/c1-4-36(27(2)3)48(43-26-49)37(50)44-30-6-8-31(9-7-30)45-15-17-46(18-16-45)32-10-12-33(13-11-32)51-21-28-20-38(52-22-28,23-47-25-41-24-42-47)34-14-5-29(39)19-35(34)40/h5-14,19,24-28,36H,4,15-18,20-23H2,1-3H3,(H,43,49)(H,44,50)/t28-,36?,38+/m1/s1. The second-order valence-electron chi connectivity index (χ2n) is 13.7. The summed E-state index contributed by atoms with van der Waals surface area (Å²) < 4.78 is 42.7. The Kier molecular flexibility index (Phi) is 11.5. The van der Waals surface area contributed by atoms with Gasteiger partial charge in [-0.3, -0.25) is 10.2 Å². The zero-order valence-electron chi connectivity index (χ0n) is 29.8. The SMILES string of the molecule is CCC(C(C)C)N(NC=O)C(=O)Nc1ccc(N2CCN(c3ccc(OC[C@@H]4CO[C@@](Cn5cncn5)(c5ccc(F)cc5F)C4)cc3)CC2)cc1. The smallest absolute Gasteiger partial charge is 0.340 e. The number of piperazine rings is 1. The Balaban J connectivity index is 0.991. The molecule has 2 aliphatic rings. The molecule has 3 heterocycles. The third kappa shape index (κ3) is 8.44. The van der Waals surface area contributed by atoms with E-state index in [2.05, 4.69) is 42.8 Å². The lowest BCUT2D eigenvalue weighted by Crippen LogP contribution is -2.52. The number of urea groups is 1. The van der Waals surface area contributed by atoms with Crippen LogP contribution in [0.5, 0.6) is 5.75 Å². The molecule has 6 rings (SSSR count). The number of aromatic nitrogens is 3. The van der Waals surface area contributed by atoms with Gasteiger partial charge in [-0.15, -0.1) is 0 Å². The van der Waals surface area contributed by atoms with E-state index in [0.717, 1.165) is 49.4 Å². The summed E-state index contributed by atoms with van der Waals surface area (Å²) in [5.41, 5.74) is 4.64.